The number of hydrogen-bond donors (Lipinski definition) is 1. The third-order valence-corrected chi connectivity index (χ3v) is 3.78. The molecular formula is C18H17FN2O2. The van der Waals surface area contributed by atoms with Crippen LogP contribution in [0.4, 0.5) is 15.8 Å². The van der Waals surface area contributed by atoms with E-state index >= 15 is 0 Å². The Morgan fingerprint density at radius 3 is 2.43 bits per heavy atom. The van der Waals surface area contributed by atoms with E-state index in [0.29, 0.717) is 0 Å². The van der Waals surface area contributed by atoms with Crippen LogP contribution in [-0.2, 0) is 9.59 Å². The molecule has 0 saturated carbocycles. The van der Waals surface area contributed by atoms with Crippen LogP contribution in [0.25, 0.3) is 0 Å². The highest BCUT2D eigenvalue weighted by atomic mass is 19.1. The Hall–Kier alpha value is -2.69. The number of benzene rings is 2. The fourth-order valence-electron chi connectivity index (χ4n) is 2.89. The van der Waals surface area contributed by atoms with Crippen LogP contribution < -0.4 is 10.2 Å². The maximum atomic E-state index is 13.3. The minimum absolute atomic E-state index is 0.0579. The van der Waals surface area contributed by atoms with E-state index in [-0.39, 0.29) is 23.9 Å². The second-order valence-corrected chi connectivity index (χ2v) is 5.82. The molecule has 2 aromatic carbocycles. The first-order chi connectivity index (χ1) is 10.9. The molecule has 1 heterocycles. The molecule has 1 aliphatic rings. The summed E-state index contributed by atoms with van der Waals surface area (Å²) in [6.07, 6.45) is 0.0579. The summed E-state index contributed by atoms with van der Waals surface area (Å²) < 4.78 is 13.3. The SMILES string of the molecule is Cc1cc(C)cc(NC2CC(=O)N(c3cccc(F)c3)C2=O)c1. The molecule has 1 fully saturated rings. The normalized spacial score (nSPS) is 17.7. The van der Waals surface area contributed by atoms with Crippen LogP contribution in [0.15, 0.2) is 42.5 Å². The Morgan fingerprint density at radius 2 is 1.78 bits per heavy atom. The maximum Gasteiger partial charge on any atom is 0.256 e. The van der Waals surface area contributed by atoms with Crippen LogP contribution >= 0.6 is 0 Å². The average Bonchev–Trinajstić information content (AvgIpc) is 2.72. The largest absolute Gasteiger partial charge is 0.373 e. The van der Waals surface area contributed by atoms with Gasteiger partial charge in [0.2, 0.25) is 5.91 Å². The van der Waals surface area contributed by atoms with Gasteiger partial charge in [-0.15, -0.1) is 0 Å². The molecule has 1 N–H and O–H groups in total. The molecule has 3 rings (SSSR count). The van der Waals surface area contributed by atoms with Crippen LogP contribution in [0, 0.1) is 19.7 Å². The molecule has 1 atom stereocenters. The number of halogens is 1. The van der Waals surface area contributed by atoms with Gasteiger partial charge in [-0.25, -0.2) is 9.29 Å². The number of carbonyl (C=O) groups excluding carboxylic acids is 2. The van der Waals surface area contributed by atoms with Gasteiger partial charge in [0.1, 0.15) is 11.9 Å². The minimum Gasteiger partial charge on any atom is -0.373 e. The highest BCUT2D eigenvalue weighted by molar-refractivity contribution is 6.23. The van der Waals surface area contributed by atoms with Crippen LogP contribution in [0.2, 0.25) is 0 Å². The quantitative estimate of drug-likeness (QED) is 0.886. The van der Waals surface area contributed by atoms with Crippen molar-refractivity contribution in [2.45, 2.75) is 26.3 Å². The monoisotopic (exact) mass is 312 g/mol. The molecule has 1 unspecified atom stereocenters. The number of rotatable bonds is 3. The first kappa shape index (κ1) is 15.2. The molecule has 0 radical (unpaired) electrons. The summed E-state index contributed by atoms with van der Waals surface area (Å²) >= 11 is 0. The number of aryl methyl sites for hydroxylation is 2. The summed E-state index contributed by atoms with van der Waals surface area (Å²) in [4.78, 5) is 25.7. The Bertz CT molecular complexity index is 768. The number of hydrogen-bond acceptors (Lipinski definition) is 3. The van der Waals surface area contributed by atoms with E-state index in [9.17, 15) is 14.0 Å². The van der Waals surface area contributed by atoms with Crippen molar-refractivity contribution in [2.75, 3.05) is 10.2 Å². The van der Waals surface area contributed by atoms with Crippen molar-refractivity contribution in [1.29, 1.82) is 0 Å². The Kier molecular flexibility index (Phi) is 3.86. The predicted molar refractivity (Wildman–Crippen MR) is 86.8 cm³/mol. The molecule has 4 nitrogen and oxygen atoms in total. The van der Waals surface area contributed by atoms with Crippen LogP contribution in [0.5, 0.6) is 0 Å². The van der Waals surface area contributed by atoms with Crippen molar-refractivity contribution < 1.29 is 14.0 Å². The molecule has 118 valence electrons. The van der Waals surface area contributed by atoms with Gasteiger partial charge in [0, 0.05) is 5.69 Å². The van der Waals surface area contributed by atoms with Crippen molar-refractivity contribution in [2.24, 2.45) is 0 Å². The lowest BCUT2D eigenvalue weighted by atomic mass is 10.1. The average molecular weight is 312 g/mol. The number of amides is 2. The van der Waals surface area contributed by atoms with Gasteiger partial charge in [0.05, 0.1) is 12.1 Å². The third kappa shape index (κ3) is 3.08. The summed E-state index contributed by atoms with van der Waals surface area (Å²) in [5.74, 6) is -1.17. The van der Waals surface area contributed by atoms with Gasteiger partial charge in [0.25, 0.3) is 5.91 Å². The molecule has 2 aromatic rings. The lowest BCUT2D eigenvalue weighted by Crippen LogP contribution is -2.34. The first-order valence-corrected chi connectivity index (χ1v) is 7.41. The van der Waals surface area contributed by atoms with Gasteiger partial charge in [-0.2, -0.15) is 0 Å². The predicted octanol–water partition coefficient (Wildman–Crippen LogP) is 3.19. The minimum atomic E-state index is -0.632. The lowest BCUT2D eigenvalue weighted by Gasteiger charge is -2.16. The third-order valence-electron chi connectivity index (χ3n) is 3.78. The smallest absolute Gasteiger partial charge is 0.256 e. The van der Waals surface area contributed by atoms with Gasteiger partial charge < -0.3 is 5.32 Å². The summed E-state index contributed by atoms with van der Waals surface area (Å²) in [5.41, 5.74) is 3.22. The van der Waals surface area contributed by atoms with E-state index in [0.717, 1.165) is 21.7 Å². The van der Waals surface area contributed by atoms with Crippen molar-refractivity contribution in [1.82, 2.24) is 0 Å². The molecule has 0 aromatic heterocycles. The Labute approximate surface area is 133 Å². The second-order valence-electron chi connectivity index (χ2n) is 5.82. The zero-order valence-electron chi connectivity index (χ0n) is 13.0. The molecule has 1 saturated heterocycles. The molecule has 0 spiro atoms. The van der Waals surface area contributed by atoms with Crippen molar-refractivity contribution in [3.8, 4) is 0 Å². The van der Waals surface area contributed by atoms with Gasteiger partial charge in [-0.05, 0) is 55.3 Å². The van der Waals surface area contributed by atoms with E-state index in [2.05, 4.69) is 5.32 Å². The van der Waals surface area contributed by atoms with Crippen LogP contribution in [0.3, 0.4) is 0 Å². The molecular weight excluding hydrogens is 295 g/mol. The van der Waals surface area contributed by atoms with Gasteiger partial charge in [0.15, 0.2) is 0 Å². The van der Waals surface area contributed by atoms with E-state index in [1.165, 1.54) is 18.2 Å². The molecule has 23 heavy (non-hydrogen) atoms. The van der Waals surface area contributed by atoms with Crippen molar-refractivity contribution in [3.63, 3.8) is 0 Å². The standard InChI is InChI=1S/C18H17FN2O2/c1-11-6-12(2)8-14(7-11)20-16-10-17(22)21(18(16)23)15-5-3-4-13(19)9-15/h3-9,16,20H,10H2,1-2H3. The zero-order valence-corrected chi connectivity index (χ0v) is 13.0. The maximum absolute atomic E-state index is 13.3. The van der Waals surface area contributed by atoms with E-state index in [1.54, 1.807) is 6.07 Å². The second kappa shape index (κ2) is 5.83. The number of imide groups is 1. The van der Waals surface area contributed by atoms with E-state index in [1.807, 2.05) is 32.0 Å². The van der Waals surface area contributed by atoms with Crippen LogP contribution in [0.1, 0.15) is 17.5 Å². The summed E-state index contributed by atoms with van der Waals surface area (Å²) in [5, 5.41) is 3.11. The Morgan fingerprint density at radius 1 is 1.09 bits per heavy atom. The fraction of sp³-hybridized carbons (Fsp3) is 0.222. The number of anilines is 2. The van der Waals surface area contributed by atoms with Crippen molar-refractivity contribution in [3.05, 3.63) is 59.4 Å². The summed E-state index contributed by atoms with van der Waals surface area (Å²) in [7, 11) is 0. The zero-order chi connectivity index (χ0) is 16.6. The van der Waals surface area contributed by atoms with Crippen LogP contribution in [-0.4, -0.2) is 17.9 Å². The first-order valence-electron chi connectivity index (χ1n) is 7.41. The summed E-state index contributed by atoms with van der Waals surface area (Å²) in [6.45, 7) is 3.94. The van der Waals surface area contributed by atoms with Gasteiger partial charge >= 0.3 is 0 Å². The number of carbonyl (C=O) groups is 2. The molecule has 1 aliphatic heterocycles. The highest BCUT2D eigenvalue weighted by Crippen LogP contribution is 2.26. The van der Waals surface area contributed by atoms with E-state index in [4.69, 9.17) is 0 Å². The molecule has 5 heteroatoms. The topological polar surface area (TPSA) is 49.4 Å². The lowest BCUT2D eigenvalue weighted by molar-refractivity contribution is -0.121. The van der Waals surface area contributed by atoms with E-state index < -0.39 is 11.9 Å². The van der Waals surface area contributed by atoms with Gasteiger partial charge in [-0.3, -0.25) is 9.59 Å². The van der Waals surface area contributed by atoms with Crippen molar-refractivity contribution >= 4 is 23.2 Å². The molecule has 2 amide bonds. The molecule has 0 bridgehead atoms. The number of nitrogens with one attached hydrogen (secondary N) is 1. The summed E-state index contributed by atoms with van der Waals surface area (Å²) in [6, 6.07) is 10.8. The Balaban J connectivity index is 1.83. The fourth-order valence-corrected chi connectivity index (χ4v) is 2.89. The highest BCUT2D eigenvalue weighted by Gasteiger charge is 2.39. The molecule has 0 aliphatic carbocycles. The van der Waals surface area contributed by atoms with Gasteiger partial charge in [-0.1, -0.05) is 12.1 Å². The number of nitrogens with zero attached hydrogens (tertiary/aromatic N) is 1.